The van der Waals surface area contributed by atoms with E-state index in [9.17, 15) is 9.59 Å². The molecule has 0 fully saturated rings. The number of ether oxygens (including phenoxy) is 3. The summed E-state index contributed by atoms with van der Waals surface area (Å²) in [7, 11) is 0. The van der Waals surface area contributed by atoms with Gasteiger partial charge in [0.15, 0.2) is 11.5 Å². The summed E-state index contributed by atoms with van der Waals surface area (Å²) in [6, 6.07) is 22.3. The molecule has 0 spiro atoms. The SMILES string of the molecule is C=CCc1cc(/C=N\NC(=O)[C@H](Cc2ccccc2)NC(=O)CCCOc2ccc(Cl)cc2Cl)cc(OCC)c1OCc1ccc(Cl)cc1Cl. The van der Waals surface area contributed by atoms with E-state index in [-0.39, 0.29) is 32.0 Å². The van der Waals surface area contributed by atoms with E-state index >= 15 is 0 Å². The number of nitrogens with one attached hydrogen (secondary N) is 2. The van der Waals surface area contributed by atoms with E-state index in [0.717, 1.165) is 16.7 Å². The van der Waals surface area contributed by atoms with Crippen LogP contribution in [0.4, 0.5) is 0 Å². The van der Waals surface area contributed by atoms with Gasteiger partial charge in [0, 0.05) is 39.0 Å². The van der Waals surface area contributed by atoms with Crippen molar-refractivity contribution < 1.29 is 23.8 Å². The van der Waals surface area contributed by atoms with Gasteiger partial charge in [-0.1, -0.05) is 88.9 Å². The second-order valence-electron chi connectivity index (χ2n) is 11.0. The van der Waals surface area contributed by atoms with E-state index in [1.54, 1.807) is 42.5 Å². The van der Waals surface area contributed by atoms with Crippen LogP contribution >= 0.6 is 46.4 Å². The van der Waals surface area contributed by atoms with Crippen molar-refractivity contribution in [3.05, 3.63) is 134 Å². The largest absolute Gasteiger partial charge is 0.492 e. The van der Waals surface area contributed by atoms with E-state index < -0.39 is 11.9 Å². The van der Waals surface area contributed by atoms with Gasteiger partial charge in [-0.25, -0.2) is 5.43 Å². The fourth-order valence-electron chi connectivity index (χ4n) is 4.86. The molecule has 0 saturated carbocycles. The lowest BCUT2D eigenvalue weighted by molar-refractivity contribution is -0.129. The first-order valence-corrected chi connectivity index (χ1v) is 17.4. The first-order chi connectivity index (χ1) is 24.2. The van der Waals surface area contributed by atoms with Crippen molar-refractivity contribution in [2.75, 3.05) is 13.2 Å². The average Bonchev–Trinajstić information content (AvgIpc) is 3.08. The van der Waals surface area contributed by atoms with Gasteiger partial charge in [-0.2, -0.15) is 5.10 Å². The number of hydrogen-bond donors (Lipinski definition) is 2. The van der Waals surface area contributed by atoms with Crippen LogP contribution < -0.4 is 25.0 Å². The number of halogens is 4. The van der Waals surface area contributed by atoms with Gasteiger partial charge < -0.3 is 19.5 Å². The van der Waals surface area contributed by atoms with Crippen molar-refractivity contribution in [1.82, 2.24) is 10.7 Å². The number of carbonyl (C=O) groups is 2. The molecule has 0 heterocycles. The maximum atomic E-state index is 13.3. The summed E-state index contributed by atoms with van der Waals surface area (Å²) >= 11 is 24.5. The van der Waals surface area contributed by atoms with Gasteiger partial charge in [-0.05, 0) is 73.4 Å². The third-order valence-electron chi connectivity index (χ3n) is 7.23. The number of hydrogen-bond acceptors (Lipinski definition) is 6. The minimum absolute atomic E-state index is 0.137. The quantitative estimate of drug-likeness (QED) is 0.0457. The topological polar surface area (TPSA) is 98.3 Å². The number of hydrazone groups is 1. The number of nitrogens with zero attached hydrogens (tertiary/aromatic N) is 1. The van der Waals surface area contributed by atoms with Crippen LogP contribution in [0.3, 0.4) is 0 Å². The van der Waals surface area contributed by atoms with E-state index in [0.29, 0.717) is 62.4 Å². The lowest BCUT2D eigenvalue weighted by Crippen LogP contribution is -2.46. The van der Waals surface area contributed by atoms with Crippen molar-refractivity contribution in [1.29, 1.82) is 0 Å². The molecule has 50 heavy (non-hydrogen) atoms. The summed E-state index contributed by atoms with van der Waals surface area (Å²) in [5.41, 5.74) is 5.69. The summed E-state index contributed by atoms with van der Waals surface area (Å²) in [6.07, 6.45) is 4.56. The Morgan fingerprint density at radius 3 is 2.30 bits per heavy atom. The number of rotatable bonds is 18. The highest BCUT2D eigenvalue weighted by atomic mass is 35.5. The van der Waals surface area contributed by atoms with Crippen LogP contribution in [0.25, 0.3) is 0 Å². The fraction of sp³-hybridized carbons (Fsp3) is 0.237. The highest BCUT2D eigenvalue weighted by Crippen LogP contribution is 2.35. The van der Waals surface area contributed by atoms with E-state index in [1.807, 2.05) is 49.4 Å². The zero-order chi connectivity index (χ0) is 35.9. The molecular formula is C38H37Cl4N3O5. The number of benzene rings is 4. The van der Waals surface area contributed by atoms with Crippen LogP contribution in [0.1, 0.15) is 42.0 Å². The molecule has 4 rings (SSSR count). The third-order valence-corrected chi connectivity index (χ3v) is 8.35. The van der Waals surface area contributed by atoms with Gasteiger partial charge >= 0.3 is 0 Å². The number of amides is 2. The molecule has 4 aromatic rings. The molecule has 0 aromatic heterocycles. The molecule has 0 radical (unpaired) electrons. The Hall–Kier alpha value is -4.21. The fourth-order valence-corrected chi connectivity index (χ4v) is 5.79. The van der Waals surface area contributed by atoms with E-state index in [1.165, 1.54) is 6.21 Å². The molecule has 0 aliphatic rings. The van der Waals surface area contributed by atoms with Gasteiger partial charge in [0.2, 0.25) is 5.91 Å². The molecule has 12 heteroatoms. The summed E-state index contributed by atoms with van der Waals surface area (Å²) in [5, 5.41) is 8.97. The predicted octanol–water partition coefficient (Wildman–Crippen LogP) is 9.04. The van der Waals surface area contributed by atoms with Gasteiger partial charge in [0.05, 0.1) is 24.5 Å². The molecule has 2 amide bonds. The number of allylic oxidation sites excluding steroid dienone is 1. The first-order valence-electron chi connectivity index (χ1n) is 15.9. The van der Waals surface area contributed by atoms with Crippen LogP contribution in [0.15, 0.2) is 96.6 Å². The monoisotopic (exact) mass is 755 g/mol. The van der Waals surface area contributed by atoms with Gasteiger partial charge in [-0.15, -0.1) is 6.58 Å². The molecule has 0 aliphatic carbocycles. The Bertz CT molecular complexity index is 1800. The highest BCUT2D eigenvalue weighted by Gasteiger charge is 2.21. The summed E-state index contributed by atoms with van der Waals surface area (Å²) in [5.74, 6) is 0.749. The van der Waals surface area contributed by atoms with Gasteiger partial charge in [0.1, 0.15) is 18.4 Å². The molecule has 262 valence electrons. The van der Waals surface area contributed by atoms with Gasteiger partial charge in [0.25, 0.3) is 5.91 Å². The van der Waals surface area contributed by atoms with Crippen molar-refractivity contribution in [2.24, 2.45) is 5.10 Å². The predicted molar refractivity (Wildman–Crippen MR) is 201 cm³/mol. The molecule has 4 aromatic carbocycles. The third kappa shape index (κ3) is 12.0. The maximum Gasteiger partial charge on any atom is 0.262 e. The molecule has 2 N–H and O–H groups in total. The van der Waals surface area contributed by atoms with E-state index in [2.05, 4.69) is 22.4 Å². The Labute approximate surface area is 312 Å². The average molecular weight is 758 g/mol. The number of carbonyl (C=O) groups excluding carboxylic acids is 2. The zero-order valence-electron chi connectivity index (χ0n) is 27.4. The molecule has 0 bridgehead atoms. The summed E-state index contributed by atoms with van der Waals surface area (Å²) in [4.78, 5) is 26.2. The second kappa shape index (κ2) is 19.8. The van der Waals surface area contributed by atoms with Crippen LogP contribution in [0.2, 0.25) is 20.1 Å². The first kappa shape index (κ1) is 38.6. The zero-order valence-corrected chi connectivity index (χ0v) is 30.4. The second-order valence-corrected chi connectivity index (χ2v) is 12.7. The lowest BCUT2D eigenvalue weighted by Gasteiger charge is -2.18. The minimum Gasteiger partial charge on any atom is -0.492 e. The Morgan fingerprint density at radius 1 is 0.860 bits per heavy atom. The van der Waals surface area contributed by atoms with Crippen LogP contribution in [0, 0.1) is 0 Å². The highest BCUT2D eigenvalue weighted by molar-refractivity contribution is 6.35. The van der Waals surface area contributed by atoms with Crippen molar-refractivity contribution >= 4 is 64.4 Å². The summed E-state index contributed by atoms with van der Waals surface area (Å²) in [6.45, 7) is 6.59. The molecule has 8 nitrogen and oxygen atoms in total. The van der Waals surface area contributed by atoms with Crippen LogP contribution in [0.5, 0.6) is 17.2 Å². The Balaban J connectivity index is 1.42. The molecule has 0 saturated heterocycles. The summed E-state index contributed by atoms with van der Waals surface area (Å²) < 4.78 is 17.8. The van der Waals surface area contributed by atoms with Crippen LogP contribution in [-0.4, -0.2) is 37.3 Å². The molecular weight excluding hydrogens is 720 g/mol. The standard InChI is InChI=1S/C38H37Cl4N3O5/c1-3-9-27-18-26(20-35(48-4-2)37(27)50-24-28-13-14-29(39)21-31(28)41)23-43-45-38(47)33(19-25-10-6-5-7-11-25)44-36(46)12-8-17-49-34-16-15-30(40)22-32(34)42/h3,5-7,10-11,13-16,18,20-23,33H,1,4,8-9,12,17,19,24H2,2H3,(H,44,46)(H,45,47)/b43-23-/t33-/m0/s1. The van der Waals surface area contributed by atoms with Crippen molar-refractivity contribution in [3.63, 3.8) is 0 Å². The lowest BCUT2D eigenvalue weighted by atomic mass is 10.1. The van der Waals surface area contributed by atoms with Crippen LogP contribution in [-0.2, 0) is 29.0 Å². The van der Waals surface area contributed by atoms with Crippen molar-refractivity contribution in [2.45, 2.75) is 45.3 Å². The maximum absolute atomic E-state index is 13.3. The van der Waals surface area contributed by atoms with E-state index in [4.69, 9.17) is 60.6 Å². The normalized spacial score (nSPS) is 11.5. The smallest absolute Gasteiger partial charge is 0.262 e. The Kier molecular flexibility index (Phi) is 15.3. The molecule has 1 atom stereocenters. The van der Waals surface area contributed by atoms with Gasteiger partial charge in [-0.3, -0.25) is 9.59 Å². The molecule has 0 unspecified atom stereocenters. The van der Waals surface area contributed by atoms with Crippen molar-refractivity contribution in [3.8, 4) is 17.2 Å². The Morgan fingerprint density at radius 2 is 1.60 bits per heavy atom. The minimum atomic E-state index is -0.876. The molecule has 0 aliphatic heterocycles.